The van der Waals surface area contributed by atoms with Crippen molar-refractivity contribution in [1.82, 2.24) is 0 Å². The van der Waals surface area contributed by atoms with E-state index in [1.807, 2.05) is 12.2 Å². The fraction of sp³-hybridized carbons (Fsp3) is 0.741. The van der Waals surface area contributed by atoms with E-state index in [2.05, 4.69) is 74.6 Å². The third kappa shape index (κ3) is 28.5. The number of unbranched alkanes of at least 4 members (excludes halogenated alkanes) is 13. The zero-order valence-corrected chi connectivity index (χ0v) is 41.8. The van der Waals surface area contributed by atoms with E-state index in [-0.39, 0.29) is 19.4 Å². The molecule has 69 heavy (non-hydrogen) atoms. The predicted molar refractivity (Wildman–Crippen MR) is 266 cm³/mol. The summed E-state index contributed by atoms with van der Waals surface area (Å²) < 4.78 is 33.5. The Morgan fingerprint density at radius 1 is 0.478 bits per heavy atom. The number of allylic oxidation sites excluding steroid dienone is 12. The van der Waals surface area contributed by atoms with Crippen LogP contribution in [0.2, 0.25) is 0 Å². The Morgan fingerprint density at radius 3 is 1.41 bits per heavy atom. The van der Waals surface area contributed by atoms with Crippen LogP contribution in [0.1, 0.15) is 162 Å². The van der Waals surface area contributed by atoms with Gasteiger partial charge in [0.25, 0.3) is 0 Å². The van der Waals surface area contributed by atoms with Crippen molar-refractivity contribution in [2.24, 2.45) is 0 Å². The first-order valence-corrected chi connectivity index (χ1v) is 26.0. The summed E-state index contributed by atoms with van der Waals surface area (Å²) in [7, 11) is 0. The number of carbonyl (C=O) groups excluding carboxylic acids is 2. The van der Waals surface area contributed by atoms with Crippen molar-refractivity contribution < 1.29 is 73.8 Å². The molecule has 11 unspecified atom stereocenters. The lowest BCUT2D eigenvalue weighted by Crippen LogP contribution is -2.61. The molecule has 0 amide bonds. The largest absolute Gasteiger partial charge is 0.462 e. The van der Waals surface area contributed by atoms with E-state index >= 15 is 0 Å². The van der Waals surface area contributed by atoms with Crippen LogP contribution in [0.5, 0.6) is 0 Å². The third-order valence-electron chi connectivity index (χ3n) is 12.0. The lowest BCUT2D eigenvalue weighted by molar-refractivity contribution is -0.332. The number of hydrogen-bond acceptors (Lipinski definition) is 15. The number of esters is 2. The third-order valence-corrected chi connectivity index (χ3v) is 12.0. The lowest BCUT2D eigenvalue weighted by Gasteiger charge is -2.42. The fourth-order valence-electron chi connectivity index (χ4n) is 7.71. The highest BCUT2D eigenvalue weighted by Crippen LogP contribution is 2.26. The van der Waals surface area contributed by atoms with Crippen LogP contribution < -0.4 is 0 Å². The molecular weight excluding hydrogens is 889 g/mol. The smallest absolute Gasteiger partial charge is 0.306 e. The predicted octanol–water partition coefficient (Wildman–Crippen LogP) is 7.43. The fourth-order valence-corrected chi connectivity index (χ4v) is 7.71. The van der Waals surface area contributed by atoms with Crippen molar-refractivity contribution >= 4 is 11.9 Å². The maximum atomic E-state index is 13.0. The number of carbonyl (C=O) groups is 2. The molecule has 2 aliphatic rings. The highest BCUT2D eigenvalue weighted by Gasteiger charge is 2.47. The van der Waals surface area contributed by atoms with E-state index in [0.717, 1.165) is 51.4 Å². The molecule has 0 spiro atoms. The highest BCUT2D eigenvalue weighted by atomic mass is 16.7. The van der Waals surface area contributed by atoms with Gasteiger partial charge >= 0.3 is 11.9 Å². The Kier molecular flexibility index (Phi) is 36.4. The Balaban J connectivity index is 1.84. The first-order valence-electron chi connectivity index (χ1n) is 26.0. The van der Waals surface area contributed by atoms with Crippen molar-refractivity contribution in [1.29, 1.82) is 0 Å². The second-order valence-electron chi connectivity index (χ2n) is 18.0. The quantitative estimate of drug-likeness (QED) is 0.0180. The molecule has 0 aliphatic carbocycles. The van der Waals surface area contributed by atoms with Gasteiger partial charge < -0.3 is 64.2 Å². The van der Waals surface area contributed by atoms with E-state index in [1.165, 1.54) is 64.2 Å². The van der Waals surface area contributed by atoms with Gasteiger partial charge in [0.05, 0.1) is 19.8 Å². The number of aliphatic hydroxyl groups is 7. The van der Waals surface area contributed by atoms with Gasteiger partial charge in [-0.05, 0) is 51.4 Å². The second kappa shape index (κ2) is 40.5. The Morgan fingerprint density at radius 2 is 0.913 bits per heavy atom. The van der Waals surface area contributed by atoms with Gasteiger partial charge in [-0.1, -0.05) is 170 Å². The van der Waals surface area contributed by atoms with Gasteiger partial charge in [-0.3, -0.25) is 9.59 Å². The topological polar surface area (TPSA) is 231 Å². The van der Waals surface area contributed by atoms with Crippen LogP contribution in [0.3, 0.4) is 0 Å². The molecule has 2 aliphatic heterocycles. The van der Waals surface area contributed by atoms with E-state index in [1.54, 1.807) is 0 Å². The first-order chi connectivity index (χ1) is 33.5. The maximum Gasteiger partial charge on any atom is 0.306 e. The molecule has 2 rings (SSSR count). The molecule has 15 nitrogen and oxygen atoms in total. The summed E-state index contributed by atoms with van der Waals surface area (Å²) in [5.74, 6) is -1.02. The molecule has 15 heteroatoms. The van der Waals surface area contributed by atoms with Gasteiger partial charge in [0.2, 0.25) is 0 Å². The molecule has 7 N–H and O–H groups in total. The average molecular weight is 979 g/mol. The Hall–Kier alpha value is -3.06. The summed E-state index contributed by atoms with van der Waals surface area (Å²) in [6.07, 6.45) is 30.8. The van der Waals surface area contributed by atoms with Gasteiger partial charge in [-0.25, -0.2) is 0 Å². The SMILES string of the molecule is CC/C=C\C/C=C\C/C=C\C/C=C\C/C=C\C/C=C\CCC(=O)OC(COC(=O)CCCCCCCCCCCCCCCC)COC1OC(COC2OC(CO)C(O)C(O)C2O)C(O)C(O)C1O. The molecule has 0 saturated carbocycles. The summed E-state index contributed by atoms with van der Waals surface area (Å²) in [6.45, 7) is 2.39. The van der Waals surface area contributed by atoms with Crippen molar-refractivity contribution in [2.75, 3.05) is 26.4 Å². The molecule has 2 saturated heterocycles. The number of aliphatic hydroxyl groups excluding tert-OH is 7. The van der Waals surface area contributed by atoms with Gasteiger partial charge in [0, 0.05) is 12.8 Å². The van der Waals surface area contributed by atoms with Crippen LogP contribution >= 0.6 is 0 Å². The van der Waals surface area contributed by atoms with Gasteiger partial charge in [-0.2, -0.15) is 0 Å². The molecule has 0 bridgehead atoms. The molecule has 11 atom stereocenters. The highest BCUT2D eigenvalue weighted by molar-refractivity contribution is 5.70. The zero-order valence-electron chi connectivity index (χ0n) is 41.8. The monoisotopic (exact) mass is 979 g/mol. The van der Waals surface area contributed by atoms with Crippen LogP contribution in [0.25, 0.3) is 0 Å². The minimum Gasteiger partial charge on any atom is -0.462 e. The molecule has 2 heterocycles. The Bertz CT molecular complexity index is 1480. The maximum absolute atomic E-state index is 13.0. The van der Waals surface area contributed by atoms with E-state index in [4.69, 9.17) is 28.4 Å². The van der Waals surface area contributed by atoms with Crippen molar-refractivity contribution in [3.8, 4) is 0 Å². The molecule has 0 aromatic heterocycles. The Labute approximate surface area is 412 Å². The molecule has 0 aromatic rings. The summed E-state index contributed by atoms with van der Waals surface area (Å²) in [6, 6.07) is 0. The van der Waals surface area contributed by atoms with Gasteiger partial charge in [0.15, 0.2) is 18.7 Å². The number of rotatable bonds is 39. The van der Waals surface area contributed by atoms with Gasteiger partial charge in [0.1, 0.15) is 55.4 Å². The standard InChI is InChI=1S/C54H90O15/c1-3-5-7-9-11-13-15-17-19-20-21-22-23-25-27-29-31-33-35-37-46(57)67-42(39-64-45(56)36-34-32-30-28-26-24-18-16-14-12-10-8-6-4-2)40-65-53-52(63)50(61)48(59)44(69-53)41-66-54-51(62)49(60)47(58)43(38-55)68-54/h5,7,11,13,17,19,21-22,25,27,31,33,42-44,47-55,58-63H,3-4,6,8-10,12,14-16,18,20,23-24,26,28-30,32,34-41H2,1-2H3/b7-5-,13-11-,19-17-,22-21-,27-25-,33-31-. The van der Waals surface area contributed by atoms with Crippen LogP contribution in [0.15, 0.2) is 72.9 Å². The van der Waals surface area contributed by atoms with Gasteiger partial charge in [-0.15, -0.1) is 0 Å². The normalized spacial score (nSPS) is 26.2. The van der Waals surface area contributed by atoms with Crippen LogP contribution in [0.4, 0.5) is 0 Å². The van der Waals surface area contributed by atoms with Crippen LogP contribution in [-0.4, -0.2) is 142 Å². The van der Waals surface area contributed by atoms with E-state index < -0.39 is 99.3 Å². The summed E-state index contributed by atoms with van der Waals surface area (Å²) in [5.41, 5.74) is 0. The van der Waals surface area contributed by atoms with Crippen LogP contribution in [-0.2, 0) is 38.0 Å². The first kappa shape index (κ1) is 62.1. The summed E-state index contributed by atoms with van der Waals surface area (Å²) >= 11 is 0. The van der Waals surface area contributed by atoms with Crippen molar-refractivity contribution in [2.45, 2.75) is 229 Å². The second-order valence-corrected chi connectivity index (χ2v) is 18.0. The molecule has 0 radical (unpaired) electrons. The van der Waals surface area contributed by atoms with Crippen molar-refractivity contribution in [3.05, 3.63) is 72.9 Å². The number of ether oxygens (including phenoxy) is 6. The summed E-state index contributed by atoms with van der Waals surface area (Å²) in [4.78, 5) is 25.7. The van der Waals surface area contributed by atoms with Crippen molar-refractivity contribution in [3.63, 3.8) is 0 Å². The molecule has 396 valence electrons. The average Bonchev–Trinajstić information content (AvgIpc) is 3.34. The van der Waals surface area contributed by atoms with E-state index in [9.17, 15) is 45.3 Å². The molecule has 0 aromatic carbocycles. The van der Waals surface area contributed by atoms with Crippen LogP contribution in [0, 0.1) is 0 Å². The minimum absolute atomic E-state index is 0.0382. The zero-order chi connectivity index (χ0) is 50.3. The van der Waals surface area contributed by atoms with E-state index in [0.29, 0.717) is 19.3 Å². The lowest BCUT2D eigenvalue weighted by atomic mass is 9.98. The molecular formula is C54H90O15. The minimum atomic E-state index is -1.78. The number of hydrogen-bond donors (Lipinski definition) is 7. The molecule has 2 fully saturated rings. The summed E-state index contributed by atoms with van der Waals surface area (Å²) in [5, 5.41) is 72.1.